The number of rotatable bonds is 6. The van der Waals surface area contributed by atoms with Crippen LogP contribution in [0.2, 0.25) is 0 Å². The van der Waals surface area contributed by atoms with Crippen molar-refractivity contribution in [2.24, 2.45) is 5.73 Å². The minimum Gasteiger partial charge on any atom is -0.505 e. The van der Waals surface area contributed by atoms with Crippen LogP contribution in [0.15, 0.2) is 36.4 Å². The van der Waals surface area contributed by atoms with E-state index < -0.39 is 29.2 Å². The summed E-state index contributed by atoms with van der Waals surface area (Å²) in [6.45, 7) is 3.65. The van der Waals surface area contributed by atoms with Gasteiger partial charge in [0, 0.05) is 29.1 Å². The molecule has 3 rings (SSSR count). The van der Waals surface area contributed by atoms with Gasteiger partial charge in [-0.05, 0) is 55.5 Å². The first-order chi connectivity index (χ1) is 13.7. The highest BCUT2D eigenvalue weighted by Crippen LogP contribution is 2.38. The molecule has 0 saturated heterocycles. The van der Waals surface area contributed by atoms with Crippen LogP contribution in [-0.2, 0) is 4.79 Å². The van der Waals surface area contributed by atoms with E-state index in [0.717, 1.165) is 17.7 Å². The molecule has 0 saturated carbocycles. The van der Waals surface area contributed by atoms with Crippen LogP contribution in [0.3, 0.4) is 0 Å². The third-order valence-electron chi connectivity index (χ3n) is 5.24. The predicted molar refractivity (Wildman–Crippen MR) is 106 cm³/mol. The second-order valence-electron chi connectivity index (χ2n) is 7.08. The second-order valence-corrected chi connectivity index (χ2v) is 7.08. The monoisotopic (exact) mass is 400 g/mol. The summed E-state index contributed by atoms with van der Waals surface area (Å²) in [6, 6.07) is 7.65. The number of phenolic OH excluding ortho intramolecular Hbond substituents is 1. The Kier molecular flexibility index (Phi) is 5.68. The molecule has 7 heteroatoms. The fraction of sp³-hybridized carbons (Fsp3) is 0.273. The van der Waals surface area contributed by atoms with Crippen LogP contribution in [-0.4, -0.2) is 21.5 Å². The number of hydrogen-bond acceptors (Lipinski definition) is 3. The Morgan fingerprint density at radius 3 is 2.55 bits per heavy atom. The van der Waals surface area contributed by atoms with Gasteiger partial charge in [0.2, 0.25) is 5.91 Å². The highest BCUT2D eigenvalue weighted by molar-refractivity contribution is 6.04. The molecule has 0 radical (unpaired) electrons. The Balaban J connectivity index is 2.25. The van der Waals surface area contributed by atoms with Crippen molar-refractivity contribution in [2.75, 3.05) is 0 Å². The lowest BCUT2D eigenvalue weighted by molar-refractivity contribution is -0.118. The van der Waals surface area contributed by atoms with Gasteiger partial charge in [-0.25, -0.2) is 8.78 Å². The Hall–Kier alpha value is -3.22. The van der Waals surface area contributed by atoms with Gasteiger partial charge in [0.25, 0.3) is 5.91 Å². The number of phenols is 1. The largest absolute Gasteiger partial charge is 0.505 e. The molecule has 1 heterocycles. The molecule has 0 aliphatic rings. The third-order valence-corrected chi connectivity index (χ3v) is 5.24. The molecule has 0 aliphatic carbocycles. The minimum absolute atomic E-state index is 0.121. The maximum absolute atomic E-state index is 14.1. The molecule has 1 aromatic heterocycles. The van der Waals surface area contributed by atoms with Gasteiger partial charge in [0.05, 0.1) is 5.52 Å². The van der Waals surface area contributed by atoms with Crippen LogP contribution >= 0.6 is 0 Å². The van der Waals surface area contributed by atoms with Crippen LogP contribution in [0.4, 0.5) is 8.78 Å². The van der Waals surface area contributed by atoms with Crippen molar-refractivity contribution in [1.29, 1.82) is 0 Å². The Morgan fingerprint density at radius 1 is 1.21 bits per heavy atom. The molecule has 0 unspecified atom stereocenters. The fourth-order valence-corrected chi connectivity index (χ4v) is 3.84. The van der Waals surface area contributed by atoms with Gasteiger partial charge in [-0.1, -0.05) is 13.0 Å². The number of hydrogen-bond donors (Lipinski definition) is 2. The molecule has 0 spiro atoms. The van der Waals surface area contributed by atoms with Crippen LogP contribution < -0.4 is 5.73 Å². The number of fused-ring (bicyclic) bond motifs is 1. The minimum atomic E-state index is -0.861. The Labute approximate surface area is 166 Å². The number of benzene rings is 2. The van der Waals surface area contributed by atoms with Crippen LogP contribution in [0.5, 0.6) is 5.75 Å². The van der Waals surface area contributed by atoms with Crippen LogP contribution in [0.25, 0.3) is 10.9 Å². The standard InChI is InChI=1S/C22H22F2N2O3/c1-3-13(7-8-20(25)28)21-12(2)26(18-11-17(24)19(27)10-16(18)21)22(29)14-5-4-6-15(23)9-14/h4-6,9-11,13,27H,3,7-8H2,1-2H3,(H2,25,28)/t13-/m0/s1. The molecular formula is C22H22F2N2O3. The van der Waals surface area contributed by atoms with Gasteiger partial charge < -0.3 is 10.8 Å². The van der Waals surface area contributed by atoms with Gasteiger partial charge in [0.1, 0.15) is 5.82 Å². The van der Waals surface area contributed by atoms with E-state index in [-0.39, 0.29) is 23.4 Å². The Morgan fingerprint density at radius 2 is 1.93 bits per heavy atom. The smallest absolute Gasteiger partial charge is 0.262 e. The quantitative estimate of drug-likeness (QED) is 0.644. The van der Waals surface area contributed by atoms with E-state index in [1.807, 2.05) is 6.92 Å². The maximum atomic E-state index is 14.1. The molecule has 3 N–H and O–H groups in total. The molecular weight excluding hydrogens is 378 g/mol. The highest BCUT2D eigenvalue weighted by atomic mass is 19.1. The topological polar surface area (TPSA) is 85.3 Å². The zero-order valence-electron chi connectivity index (χ0n) is 16.2. The van der Waals surface area contributed by atoms with E-state index in [2.05, 4.69) is 0 Å². The summed E-state index contributed by atoms with van der Waals surface area (Å²) in [6.07, 6.45) is 1.27. The zero-order chi connectivity index (χ0) is 21.3. The molecule has 1 amide bonds. The normalized spacial score (nSPS) is 12.3. The Bertz CT molecular complexity index is 1110. The lowest BCUT2D eigenvalue weighted by Crippen LogP contribution is -2.15. The zero-order valence-corrected chi connectivity index (χ0v) is 16.2. The van der Waals surface area contributed by atoms with E-state index in [4.69, 9.17) is 5.73 Å². The van der Waals surface area contributed by atoms with E-state index in [1.54, 1.807) is 6.92 Å². The first-order valence-electron chi connectivity index (χ1n) is 9.36. The first-order valence-corrected chi connectivity index (χ1v) is 9.36. The molecule has 0 bridgehead atoms. The van der Waals surface area contributed by atoms with Crippen molar-refractivity contribution < 1.29 is 23.5 Å². The number of aromatic hydroxyl groups is 1. The lowest BCUT2D eigenvalue weighted by atomic mass is 9.89. The number of amides is 1. The highest BCUT2D eigenvalue weighted by Gasteiger charge is 2.26. The van der Waals surface area contributed by atoms with Gasteiger partial charge in [-0.15, -0.1) is 0 Å². The molecule has 2 aromatic carbocycles. The fourth-order valence-electron chi connectivity index (χ4n) is 3.84. The number of aromatic nitrogens is 1. The van der Waals surface area contributed by atoms with Crippen LogP contribution in [0.1, 0.15) is 53.7 Å². The predicted octanol–water partition coefficient (Wildman–Crippen LogP) is 4.38. The molecule has 152 valence electrons. The number of carbonyl (C=O) groups is 2. The average molecular weight is 400 g/mol. The molecule has 0 fully saturated rings. The van der Waals surface area contributed by atoms with Crippen molar-refractivity contribution in [1.82, 2.24) is 4.57 Å². The van der Waals surface area contributed by atoms with E-state index in [1.165, 1.54) is 28.8 Å². The number of carbonyl (C=O) groups excluding carboxylic acids is 2. The summed E-state index contributed by atoms with van der Waals surface area (Å²) < 4.78 is 29.1. The summed E-state index contributed by atoms with van der Waals surface area (Å²) in [5.41, 5.74) is 6.98. The summed E-state index contributed by atoms with van der Waals surface area (Å²) in [5.74, 6) is -3.01. The molecule has 5 nitrogen and oxygen atoms in total. The van der Waals surface area contributed by atoms with Crippen molar-refractivity contribution in [2.45, 2.75) is 39.0 Å². The van der Waals surface area contributed by atoms with E-state index in [0.29, 0.717) is 23.9 Å². The van der Waals surface area contributed by atoms with Gasteiger partial charge in [0.15, 0.2) is 11.6 Å². The molecule has 0 aliphatic heterocycles. The summed E-state index contributed by atoms with van der Waals surface area (Å²) >= 11 is 0. The van der Waals surface area contributed by atoms with Crippen molar-refractivity contribution in [3.05, 3.63) is 64.9 Å². The van der Waals surface area contributed by atoms with Crippen molar-refractivity contribution >= 4 is 22.7 Å². The average Bonchev–Trinajstić information content (AvgIpc) is 2.93. The first kappa shape index (κ1) is 20.5. The van der Waals surface area contributed by atoms with E-state index in [9.17, 15) is 23.5 Å². The van der Waals surface area contributed by atoms with Gasteiger partial charge >= 0.3 is 0 Å². The molecule has 29 heavy (non-hydrogen) atoms. The summed E-state index contributed by atoms with van der Waals surface area (Å²) in [7, 11) is 0. The molecule has 1 atom stereocenters. The van der Waals surface area contributed by atoms with Crippen molar-refractivity contribution in [3.63, 3.8) is 0 Å². The number of nitrogens with zero attached hydrogens (tertiary/aromatic N) is 1. The summed E-state index contributed by atoms with van der Waals surface area (Å²) in [5, 5.41) is 10.4. The molecule has 3 aromatic rings. The van der Waals surface area contributed by atoms with Crippen LogP contribution in [0, 0.1) is 18.6 Å². The van der Waals surface area contributed by atoms with Crippen molar-refractivity contribution in [3.8, 4) is 5.75 Å². The second kappa shape index (κ2) is 8.03. The third kappa shape index (κ3) is 3.85. The lowest BCUT2D eigenvalue weighted by Gasteiger charge is -2.16. The maximum Gasteiger partial charge on any atom is 0.262 e. The SMILES string of the molecule is CC[C@@H](CCC(N)=O)c1c(C)n(C(=O)c2cccc(F)c2)c2cc(F)c(O)cc12. The summed E-state index contributed by atoms with van der Waals surface area (Å²) in [4.78, 5) is 24.4. The van der Waals surface area contributed by atoms with Gasteiger partial charge in [-0.2, -0.15) is 0 Å². The van der Waals surface area contributed by atoms with Gasteiger partial charge in [-0.3, -0.25) is 14.2 Å². The van der Waals surface area contributed by atoms with E-state index >= 15 is 0 Å². The number of nitrogens with two attached hydrogens (primary N) is 1. The number of halogens is 2. The number of primary amides is 1.